The number of aromatic nitrogens is 3. The van der Waals surface area contributed by atoms with Gasteiger partial charge in [0.1, 0.15) is 11.6 Å². The van der Waals surface area contributed by atoms with Gasteiger partial charge in [-0.25, -0.2) is 4.39 Å². The molecule has 0 aliphatic heterocycles. The minimum absolute atomic E-state index is 0.182. The molecule has 0 bridgehead atoms. The summed E-state index contributed by atoms with van der Waals surface area (Å²) in [6, 6.07) is 10.5. The van der Waals surface area contributed by atoms with Gasteiger partial charge in [-0.05, 0) is 42.5 Å². The highest BCUT2D eigenvalue weighted by Crippen LogP contribution is 2.33. The third-order valence-corrected chi connectivity index (χ3v) is 6.85. The van der Waals surface area contributed by atoms with Crippen molar-refractivity contribution in [3.05, 3.63) is 58.3 Å². The lowest BCUT2D eigenvalue weighted by molar-refractivity contribution is -0.113. The molecule has 1 saturated carbocycles. The molecule has 5 nitrogen and oxygen atoms in total. The zero-order chi connectivity index (χ0) is 20.1. The number of carbonyl (C=O) groups is 1. The van der Waals surface area contributed by atoms with Crippen LogP contribution in [0.25, 0.3) is 0 Å². The summed E-state index contributed by atoms with van der Waals surface area (Å²) < 4.78 is 15.6. The maximum absolute atomic E-state index is 13.3. The molecular formula is C21H23FN4OS2. The highest BCUT2D eigenvalue weighted by atomic mass is 32.2. The fourth-order valence-electron chi connectivity index (χ4n) is 3.69. The second kappa shape index (κ2) is 9.54. The lowest BCUT2D eigenvalue weighted by Gasteiger charge is -2.25. The number of halogens is 1. The molecule has 29 heavy (non-hydrogen) atoms. The first kappa shape index (κ1) is 20.1. The topological polar surface area (TPSA) is 59.8 Å². The fourth-order valence-corrected chi connectivity index (χ4v) is 5.22. The molecular weight excluding hydrogens is 407 g/mol. The van der Waals surface area contributed by atoms with Gasteiger partial charge in [-0.3, -0.25) is 4.79 Å². The van der Waals surface area contributed by atoms with E-state index in [1.165, 1.54) is 48.0 Å². The summed E-state index contributed by atoms with van der Waals surface area (Å²) in [7, 11) is 0. The SMILES string of the molecule is O=C(CSc1nnc(Cc2cccs2)n1C1CCCCC1)Nc1cccc(F)c1. The van der Waals surface area contributed by atoms with Crippen LogP contribution >= 0.6 is 23.1 Å². The van der Waals surface area contributed by atoms with Crippen molar-refractivity contribution in [1.82, 2.24) is 14.8 Å². The van der Waals surface area contributed by atoms with E-state index in [1.54, 1.807) is 23.5 Å². The third-order valence-electron chi connectivity index (χ3n) is 5.03. The molecule has 0 radical (unpaired) electrons. The van der Waals surface area contributed by atoms with Crippen molar-refractivity contribution in [1.29, 1.82) is 0 Å². The van der Waals surface area contributed by atoms with Gasteiger partial charge in [-0.15, -0.1) is 21.5 Å². The number of rotatable bonds is 7. The average molecular weight is 431 g/mol. The number of nitrogens with zero attached hydrogens (tertiary/aromatic N) is 3. The van der Waals surface area contributed by atoms with Crippen molar-refractivity contribution in [2.24, 2.45) is 0 Å². The molecule has 0 atom stereocenters. The molecule has 2 heterocycles. The third kappa shape index (κ3) is 5.25. The van der Waals surface area contributed by atoms with Crippen LogP contribution in [0, 0.1) is 5.82 Å². The molecule has 1 aromatic carbocycles. The standard InChI is InChI=1S/C21H23FN4OS2/c22-15-6-4-7-16(12-15)23-20(27)14-29-21-25-24-19(13-18-10-5-11-28-18)26(21)17-8-2-1-3-9-17/h4-7,10-12,17H,1-3,8-9,13-14H2,(H,23,27). The predicted molar refractivity (Wildman–Crippen MR) is 115 cm³/mol. The monoisotopic (exact) mass is 430 g/mol. The summed E-state index contributed by atoms with van der Waals surface area (Å²) in [5.74, 6) is 0.622. The van der Waals surface area contributed by atoms with Crippen LogP contribution in [-0.4, -0.2) is 26.4 Å². The smallest absolute Gasteiger partial charge is 0.234 e. The van der Waals surface area contributed by atoms with Crippen molar-refractivity contribution in [3.8, 4) is 0 Å². The van der Waals surface area contributed by atoms with Crippen LogP contribution in [0.3, 0.4) is 0 Å². The number of amides is 1. The number of thioether (sulfide) groups is 1. The van der Waals surface area contributed by atoms with Crippen LogP contribution in [0.1, 0.15) is 48.8 Å². The number of carbonyl (C=O) groups excluding carboxylic acids is 1. The minimum Gasteiger partial charge on any atom is -0.325 e. The van der Waals surface area contributed by atoms with Crippen LogP contribution in [0.4, 0.5) is 10.1 Å². The van der Waals surface area contributed by atoms with Gasteiger partial charge in [0.2, 0.25) is 5.91 Å². The van der Waals surface area contributed by atoms with E-state index in [0.29, 0.717) is 11.7 Å². The number of nitrogens with one attached hydrogen (secondary N) is 1. The van der Waals surface area contributed by atoms with Crippen LogP contribution in [-0.2, 0) is 11.2 Å². The van der Waals surface area contributed by atoms with Crippen molar-refractivity contribution in [2.45, 2.75) is 49.7 Å². The molecule has 1 fully saturated rings. The number of hydrogen-bond acceptors (Lipinski definition) is 5. The van der Waals surface area contributed by atoms with Crippen molar-refractivity contribution < 1.29 is 9.18 Å². The lowest BCUT2D eigenvalue weighted by Crippen LogP contribution is -2.18. The van der Waals surface area contributed by atoms with Crippen LogP contribution in [0.2, 0.25) is 0 Å². The Balaban J connectivity index is 1.47. The molecule has 8 heteroatoms. The number of benzene rings is 1. The Kier molecular flexibility index (Phi) is 6.61. The van der Waals surface area contributed by atoms with Crippen molar-refractivity contribution in [3.63, 3.8) is 0 Å². The second-order valence-electron chi connectivity index (χ2n) is 7.16. The van der Waals surface area contributed by atoms with E-state index in [4.69, 9.17) is 0 Å². The maximum Gasteiger partial charge on any atom is 0.234 e. The molecule has 0 saturated heterocycles. The van der Waals surface area contributed by atoms with E-state index in [9.17, 15) is 9.18 Å². The maximum atomic E-state index is 13.3. The zero-order valence-electron chi connectivity index (χ0n) is 16.0. The van der Waals surface area contributed by atoms with Gasteiger partial charge in [0, 0.05) is 23.0 Å². The molecule has 0 spiro atoms. The number of hydrogen-bond donors (Lipinski definition) is 1. The van der Waals surface area contributed by atoms with E-state index >= 15 is 0 Å². The van der Waals surface area contributed by atoms with Crippen LogP contribution in [0.15, 0.2) is 46.9 Å². The van der Waals surface area contributed by atoms with Gasteiger partial charge in [0.05, 0.1) is 5.75 Å². The molecule has 3 aromatic rings. The summed E-state index contributed by atoms with van der Waals surface area (Å²) in [6.07, 6.45) is 6.71. The quantitative estimate of drug-likeness (QED) is 0.516. The Morgan fingerprint density at radius 1 is 1.21 bits per heavy atom. The van der Waals surface area contributed by atoms with E-state index in [1.807, 2.05) is 6.07 Å². The highest BCUT2D eigenvalue weighted by Gasteiger charge is 2.23. The summed E-state index contributed by atoms with van der Waals surface area (Å²) in [4.78, 5) is 13.6. The molecule has 1 aliphatic rings. The number of thiophene rings is 1. The average Bonchev–Trinajstić information content (AvgIpc) is 3.37. The van der Waals surface area contributed by atoms with Gasteiger partial charge in [-0.1, -0.05) is 43.2 Å². The van der Waals surface area contributed by atoms with Gasteiger partial charge in [-0.2, -0.15) is 0 Å². The van der Waals surface area contributed by atoms with Gasteiger partial charge in [0.15, 0.2) is 5.16 Å². The Morgan fingerprint density at radius 2 is 2.07 bits per heavy atom. The molecule has 1 N–H and O–H groups in total. The highest BCUT2D eigenvalue weighted by molar-refractivity contribution is 7.99. The molecule has 2 aromatic heterocycles. The van der Waals surface area contributed by atoms with Crippen molar-refractivity contribution >= 4 is 34.7 Å². The van der Waals surface area contributed by atoms with E-state index in [-0.39, 0.29) is 17.5 Å². The first-order chi connectivity index (χ1) is 14.2. The Bertz CT molecular complexity index is 952. The molecule has 0 unspecified atom stereocenters. The summed E-state index contributed by atoms with van der Waals surface area (Å²) in [6.45, 7) is 0. The fraction of sp³-hybridized carbons (Fsp3) is 0.381. The summed E-state index contributed by atoms with van der Waals surface area (Å²) in [5.41, 5.74) is 0.461. The second-order valence-corrected chi connectivity index (χ2v) is 9.14. The molecule has 4 rings (SSSR count). The predicted octanol–water partition coefficient (Wildman–Crippen LogP) is 5.31. The van der Waals surface area contributed by atoms with Gasteiger partial charge >= 0.3 is 0 Å². The van der Waals surface area contributed by atoms with Gasteiger partial charge < -0.3 is 9.88 Å². The summed E-state index contributed by atoms with van der Waals surface area (Å²) >= 11 is 3.11. The Morgan fingerprint density at radius 3 is 2.83 bits per heavy atom. The summed E-state index contributed by atoms with van der Waals surface area (Å²) in [5, 5.41) is 14.5. The van der Waals surface area contributed by atoms with Gasteiger partial charge in [0.25, 0.3) is 0 Å². The Hall–Kier alpha value is -2.19. The molecule has 152 valence electrons. The molecule has 1 amide bonds. The Labute approximate surface area is 177 Å². The van der Waals surface area contributed by atoms with E-state index < -0.39 is 0 Å². The zero-order valence-corrected chi connectivity index (χ0v) is 17.6. The normalized spacial score (nSPS) is 14.8. The number of anilines is 1. The first-order valence-corrected chi connectivity index (χ1v) is 11.7. The first-order valence-electron chi connectivity index (χ1n) is 9.83. The van der Waals surface area contributed by atoms with E-state index in [2.05, 4.69) is 31.5 Å². The minimum atomic E-state index is -0.370. The van der Waals surface area contributed by atoms with Crippen molar-refractivity contribution in [2.75, 3.05) is 11.1 Å². The molecule has 1 aliphatic carbocycles. The van der Waals surface area contributed by atoms with E-state index in [0.717, 1.165) is 30.2 Å². The van der Waals surface area contributed by atoms with Crippen LogP contribution < -0.4 is 5.32 Å². The lowest BCUT2D eigenvalue weighted by atomic mass is 9.95. The largest absolute Gasteiger partial charge is 0.325 e. The van der Waals surface area contributed by atoms with Crippen LogP contribution in [0.5, 0.6) is 0 Å².